The molecule has 0 saturated carbocycles. The second-order valence-electron chi connectivity index (χ2n) is 15.2. The molecule has 6 atom stereocenters. The molecule has 1 rings (SSSR count). The highest BCUT2D eigenvalue weighted by atomic mass is 16.7. The fraction of sp³-hybridized carbons (Fsp3) is 0.745. The summed E-state index contributed by atoms with van der Waals surface area (Å²) < 4.78 is 22.1. The quantitative estimate of drug-likeness (QED) is 0.0209. The first kappa shape index (κ1) is 52.4. The van der Waals surface area contributed by atoms with Gasteiger partial charge in [0.15, 0.2) is 12.4 Å². The lowest BCUT2D eigenvalue weighted by Gasteiger charge is -2.39. The van der Waals surface area contributed by atoms with Crippen LogP contribution in [0.25, 0.3) is 0 Å². The van der Waals surface area contributed by atoms with Gasteiger partial charge in [0, 0.05) is 12.8 Å². The lowest BCUT2D eigenvalue weighted by atomic mass is 9.99. The Morgan fingerprint density at radius 2 is 1.04 bits per heavy atom. The highest BCUT2D eigenvalue weighted by Gasteiger charge is 2.44. The van der Waals surface area contributed by atoms with E-state index in [2.05, 4.69) is 74.6 Å². The molecule has 2 unspecified atom stereocenters. The molecule has 0 spiro atoms. The monoisotopic (exact) mass is 805 g/mol. The molecule has 57 heavy (non-hydrogen) atoms. The molecule has 1 fully saturated rings. The van der Waals surface area contributed by atoms with Crippen LogP contribution in [-0.4, -0.2) is 89.0 Å². The predicted molar refractivity (Wildman–Crippen MR) is 228 cm³/mol. The topological polar surface area (TPSA) is 152 Å². The number of unbranched alkanes of at least 4 members (excludes halogenated alkanes) is 16. The van der Waals surface area contributed by atoms with Gasteiger partial charge in [0.25, 0.3) is 0 Å². The Hall–Kier alpha value is -2.60. The number of carbonyl (C=O) groups is 2. The second kappa shape index (κ2) is 37.7. The van der Waals surface area contributed by atoms with Gasteiger partial charge in [0.05, 0.1) is 13.2 Å². The van der Waals surface area contributed by atoms with E-state index >= 15 is 0 Å². The first-order chi connectivity index (χ1) is 27.8. The molecule has 1 aliphatic rings. The molecular formula is C47H80O10. The Labute approximate surface area is 345 Å². The standard InChI is InChI=1S/C47H80O10/c1-3-5-7-9-11-13-15-17-19-20-22-24-26-28-30-32-34-36-43(50)56-40(39-55-47-46(53)45(52)44(51)41(37-48)57-47)38-54-42(49)35-33-31-29-27-25-23-21-18-16-14-12-10-8-6-4-2/h11,13-14,16-19,21-22,24,40-41,44-48,51-53H,3-10,12,15,20,23,25-39H2,1-2H3/b13-11+,16-14+,19-17+,21-18+,24-22+/t40-,41-,44+,45?,46?,47-/m1/s1. The Morgan fingerprint density at radius 1 is 0.561 bits per heavy atom. The zero-order chi connectivity index (χ0) is 41.6. The fourth-order valence-electron chi connectivity index (χ4n) is 6.30. The zero-order valence-electron chi connectivity index (χ0n) is 35.6. The van der Waals surface area contributed by atoms with E-state index in [4.69, 9.17) is 18.9 Å². The number of hydrogen-bond acceptors (Lipinski definition) is 10. The van der Waals surface area contributed by atoms with Gasteiger partial charge in [-0.3, -0.25) is 9.59 Å². The minimum atomic E-state index is -1.60. The lowest BCUT2D eigenvalue weighted by Crippen LogP contribution is -2.59. The van der Waals surface area contributed by atoms with Crippen molar-refractivity contribution >= 4 is 11.9 Å². The molecule has 0 aromatic carbocycles. The van der Waals surface area contributed by atoms with Crippen LogP contribution in [0.15, 0.2) is 60.8 Å². The SMILES string of the molecule is CCCCC/C=C/C/C=C/C/C=C/CCCCCCC(=O)O[C@H](COC(=O)CCCCCCC/C=C/C=C/CCCCCC)CO[C@@H]1O[C@H](CO)[C@H](O)C(O)C1O. The lowest BCUT2D eigenvalue weighted by molar-refractivity contribution is -0.305. The zero-order valence-corrected chi connectivity index (χ0v) is 35.6. The smallest absolute Gasteiger partial charge is 0.306 e. The molecular weight excluding hydrogens is 725 g/mol. The van der Waals surface area contributed by atoms with E-state index in [1.807, 2.05) is 0 Å². The van der Waals surface area contributed by atoms with Crippen molar-refractivity contribution in [3.63, 3.8) is 0 Å². The molecule has 328 valence electrons. The van der Waals surface area contributed by atoms with Gasteiger partial charge in [-0.1, -0.05) is 139 Å². The van der Waals surface area contributed by atoms with Crippen molar-refractivity contribution in [2.75, 3.05) is 19.8 Å². The van der Waals surface area contributed by atoms with Crippen LogP contribution in [0.1, 0.15) is 168 Å². The summed E-state index contributed by atoms with van der Waals surface area (Å²) in [5.41, 5.74) is 0. The molecule has 10 heteroatoms. The first-order valence-corrected chi connectivity index (χ1v) is 22.4. The van der Waals surface area contributed by atoms with Gasteiger partial charge >= 0.3 is 11.9 Å². The van der Waals surface area contributed by atoms with E-state index in [-0.39, 0.29) is 26.1 Å². The van der Waals surface area contributed by atoms with E-state index < -0.39 is 55.4 Å². The van der Waals surface area contributed by atoms with Gasteiger partial charge in [0.2, 0.25) is 0 Å². The summed E-state index contributed by atoms with van der Waals surface area (Å²) in [5.74, 6) is -0.854. The van der Waals surface area contributed by atoms with E-state index in [1.165, 1.54) is 51.4 Å². The van der Waals surface area contributed by atoms with Crippen LogP contribution in [-0.2, 0) is 28.5 Å². The molecule has 0 radical (unpaired) electrons. The molecule has 1 heterocycles. The van der Waals surface area contributed by atoms with Crippen LogP contribution in [0.4, 0.5) is 0 Å². The second-order valence-corrected chi connectivity index (χ2v) is 15.2. The van der Waals surface area contributed by atoms with Crippen LogP contribution >= 0.6 is 0 Å². The largest absolute Gasteiger partial charge is 0.462 e. The number of carbonyl (C=O) groups excluding carboxylic acids is 2. The average Bonchev–Trinajstić information content (AvgIpc) is 3.21. The summed E-state index contributed by atoms with van der Waals surface area (Å²) in [6.45, 7) is 3.32. The van der Waals surface area contributed by atoms with Crippen molar-refractivity contribution in [2.45, 2.75) is 205 Å². The molecule has 0 aromatic rings. The minimum absolute atomic E-state index is 0.198. The third-order valence-electron chi connectivity index (χ3n) is 9.90. The normalized spacial score (nSPS) is 20.8. The van der Waals surface area contributed by atoms with Crippen LogP contribution in [0.3, 0.4) is 0 Å². The summed E-state index contributed by atoms with van der Waals surface area (Å²) in [6, 6.07) is 0. The molecule has 0 amide bonds. The van der Waals surface area contributed by atoms with Crippen molar-refractivity contribution in [1.29, 1.82) is 0 Å². The molecule has 0 aliphatic carbocycles. The van der Waals surface area contributed by atoms with E-state index in [0.29, 0.717) is 12.8 Å². The van der Waals surface area contributed by atoms with Gasteiger partial charge in [-0.05, 0) is 77.0 Å². The third kappa shape index (κ3) is 29.3. The number of aliphatic hydroxyl groups excluding tert-OH is 4. The molecule has 1 aliphatic heterocycles. The Kier molecular flexibility index (Phi) is 34.6. The number of hydrogen-bond donors (Lipinski definition) is 4. The van der Waals surface area contributed by atoms with Crippen molar-refractivity contribution in [2.24, 2.45) is 0 Å². The number of esters is 2. The third-order valence-corrected chi connectivity index (χ3v) is 9.90. The van der Waals surface area contributed by atoms with Gasteiger partial charge in [-0.15, -0.1) is 0 Å². The van der Waals surface area contributed by atoms with E-state index in [9.17, 15) is 30.0 Å². The van der Waals surface area contributed by atoms with E-state index in [0.717, 1.165) is 77.0 Å². The first-order valence-electron chi connectivity index (χ1n) is 22.4. The molecule has 4 N–H and O–H groups in total. The minimum Gasteiger partial charge on any atom is -0.462 e. The summed E-state index contributed by atoms with van der Waals surface area (Å²) in [6.07, 6.45) is 37.9. The van der Waals surface area contributed by atoms with Crippen molar-refractivity contribution < 1.29 is 49.0 Å². The number of rotatable bonds is 36. The van der Waals surface area contributed by atoms with Crippen LogP contribution < -0.4 is 0 Å². The molecule has 10 nitrogen and oxygen atoms in total. The van der Waals surface area contributed by atoms with Crippen LogP contribution in [0.2, 0.25) is 0 Å². The van der Waals surface area contributed by atoms with Gasteiger partial charge in [-0.25, -0.2) is 0 Å². The molecule has 0 bridgehead atoms. The number of ether oxygens (including phenoxy) is 4. The van der Waals surface area contributed by atoms with Gasteiger partial charge in [0.1, 0.15) is 31.0 Å². The Morgan fingerprint density at radius 3 is 1.61 bits per heavy atom. The number of allylic oxidation sites excluding steroid dienone is 10. The van der Waals surface area contributed by atoms with Crippen molar-refractivity contribution in [1.82, 2.24) is 0 Å². The predicted octanol–water partition coefficient (Wildman–Crippen LogP) is 9.44. The van der Waals surface area contributed by atoms with E-state index in [1.54, 1.807) is 0 Å². The maximum Gasteiger partial charge on any atom is 0.306 e. The summed E-state index contributed by atoms with van der Waals surface area (Å²) >= 11 is 0. The Balaban J connectivity index is 2.38. The summed E-state index contributed by atoms with van der Waals surface area (Å²) in [5, 5.41) is 40.1. The fourth-order valence-corrected chi connectivity index (χ4v) is 6.30. The highest BCUT2D eigenvalue weighted by Crippen LogP contribution is 2.22. The van der Waals surface area contributed by atoms with Crippen molar-refractivity contribution in [3.8, 4) is 0 Å². The summed E-state index contributed by atoms with van der Waals surface area (Å²) in [4.78, 5) is 25.3. The Bertz CT molecular complexity index is 1110. The maximum atomic E-state index is 12.8. The maximum absolute atomic E-state index is 12.8. The van der Waals surface area contributed by atoms with Gasteiger partial charge in [-0.2, -0.15) is 0 Å². The number of aliphatic hydroxyl groups is 4. The average molecular weight is 805 g/mol. The highest BCUT2D eigenvalue weighted by molar-refractivity contribution is 5.70. The van der Waals surface area contributed by atoms with Crippen molar-refractivity contribution in [3.05, 3.63) is 60.8 Å². The molecule has 1 saturated heterocycles. The van der Waals surface area contributed by atoms with Gasteiger partial charge < -0.3 is 39.4 Å². The summed E-state index contributed by atoms with van der Waals surface area (Å²) in [7, 11) is 0. The molecule has 0 aromatic heterocycles. The van der Waals surface area contributed by atoms with Crippen LogP contribution in [0.5, 0.6) is 0 Å². The van der Waals surface area contributed by atoms with Crippen LogP contribution in [0, 0.1) is 0 Å².